The van der Waals surface area contributed by atoms with Crippen molar-refractivity contribution in [2.75, 3.05) is 5.88 Å². The molecule has 0 saturated heterocycles. The summed E-state index contributed by atoms with van der Waals surface area (Å²) in [5.41, 5.74) is 2.75. The summed E-state index contributed by atoms with van der Waals surface area (Å²) in [7, 11) is -3.62. The van der Waals surface area contributed by atoms with Crippen molar-refractivity contribution in [3.05, 3.63) is 65.2 Å². The average Bonchev–Trinajstić information content (AvgIpc) is 2.67. The van der Waals surface area contributed by atoms with E-state index in [0.717, 1.165) is 24.0 Å². The maximum atomic E-state index is 13.5. The van der Waals surface area contributed by atoms with Crippen molar-refractivity contribution in [3.8, 4) is 0 Å². The molecule has 0 fully saturated rings. The van der Waals surface area contributed by atoms with Crippen LogP contribution in [0.5, 0.6) is 0 Å². The van der Waals surface area contributed by atoms with E-state index in [9.17, 15) is 8.42 Å². The third kappa shape index (κ3) is 3.94. The second-order valence-electron chi connectivity index (χ2n) is 8.62. The monoisotopic (exact) mass is 405 g/mol. The molecule has 1 aliphatic heterocycles. The number of benzene rings is 2. The lowest BCUT2D eigenvalue weighted by Crippen LogP contribution is -2.48. The van der Waals surface area contributed by atoms with Gasteiger partial charge in [-0.3, -0.25) is 0 Å². The first-order chi connectivity index (χ1) is 12.6. The van der Waals surface area contributed by atoms with Gasteiger partial charge < -0.3 is 0 Å². The lowest BCUT2D eigenvalue weighted by Gasteiger charge is -2.39. The molecule has 146 valence electrons. The van der Waals surface area contributed by atoms with Gasteiger partial charge in [0.05, 0.1) is 4.90 Å². The molecule has 2 aromatic carbocycles. The van der Waals surface area contributed by atoms with Crippen LogP contribution in [-0.2, 0) is 28.4 Å². The molecule has 0 radical (unpaired) electrons. The SMILES string of the molecule is CC1(C)CC(C)(C)N(S(=O)(=O)c2ccc(CCCl)cc2)Cc2ccccc21. The smallest absolute Gasteiger partial charge is 0.207 e. The molecule has 1 heterocycles. The minimum atomic E-state index is -3.62. The van der Waals surface area contributed by atoms with Crippen LogP contribution in [0.4, 0.5) is 0 Å². The van der Waals surface area contributed by atoms with E-state index < -0.39 is 15.6 Å². The fraction of sp³-hybridized carbons (Fsp3) is 0.455. The van der Waals surface area contributed by atoms with E-state index in [-0.39, 0.29) is 5.41 Å². The van der Waals surface area contributed by atoms with E-state index in [1.165, 1.54) is 5.56 Å². The van der Waals surface area contributed by atoms with E-state index in [2.05, 4.69) is 19.9 Å². The highest BCUT2D eigenvalue weighted by Crippen LogP contribution is 2.43. The highest BCUT2D eigenvalue weighted by atomic mass is 35.5. The second-order valence-corrected chi connectivity index (χ2v) is 10.9. The number of sulfonamides is 1. The average molecular weight is 406 g/mol. The molecule has 0 amide bonds. The van der Waals surface area contributed by atoms with Gasteiger partial charge in [0.1, 0.15) is 0 Å². The Bertz CT molecular complexity index is 918. The Labute approximate surface area is 168 Å². The lowest BCUT2D eigenvalue weighted by atomic mass is 9.75. The zero-order valence-corrected chi connectivity index (χ0v) is 18.1. The zero-order chi connectivity index (χ0) is 19.9. The predicted octanol–water partition coefficient (Wildman–Crippen LogP) is 5.12. The highest BCUT2D eigenvalue weighted by Gasteiger charge is 2.44. The maximum Gasteiger partial charge on any atom is 0.243 e. The molecule has 27 heavy (non-hydrogen) atoms. The van der Waals surface area contributed by atoms with Crippen molar-refractivity contribution < 1.29 is 8.42 Å². The topological polar surface area (TPSA) is 37.4 Å². The quantitative estimate of drug-likeness (QED) is 0.662. The summed E-state index contributed by atoms with van der Waals surface area (Å²) >= 11 is 5.79. The Hall–Kier alpha value is -1.36. The van der Waals surface area contributed by atoms with Gasteiger partial charge in [-0.1, -0.05) is 50.2 Å². The molecule has 1 aliphatic rings. The van der Waals surface area contributed by atoms with Gasteiger partial charge in [-0.15, -0.1) is 11.6 Å². The largest absolute Gasteiger partial charge is 0.243 e. The molecule has 3 nitrogen and oxygen atoms in total. The van der Waals surface area contributed by atoms with Crippen molar-refractivity contribution in [2.24, 2.45) is 0 Å². The second kappa shape index (κ2) is 7.23. The molecule has 0 spiro atoms. The van der Waals surface area contributed by atoms with E-state index >= 15 is 0 Å². The highest BCUT2D eigenvalue weighted by molar-refractivity contribution is 7.89. The number of hydrogen-bond donors (Lipinski definition) is 0. The summed E-state index contributed by atoms with van der Waals surface area (Å²) in [6, 6.07) is 15.3. The fourth-order valence-corrected chi connectivity index (χ4v) is 6.40. The molecule has 0 bridgehead atoms. The molecule has 0 N–H and O–H groups in total. The fourth-order valence-electron chi connectivity index (χ4n) is 4.43. The van der Waals surface area contributed by atoms with Crippen LogP contribution in [0.1, 0.15) is 50.8 Å². The molecule has 2 aromatic rings. The third-order valence-electron chi connectivity index (χ3n) is 5.50. The molecule has 5 heteroatoms. The van der Waals surface area contributed by atoms with Crippen LogP contribution in [0, 0.1) is 0 Å². The van der Waals surface area contributed by atoms with Crippen LogP contribution in [-0.4, -0.2) is 24.1 Å². The van der Waals surface area contributed by atoms with E-state index in [0.29, 0.717) is 17.3 Å². The van der Waals surface area contributed by atoms with E-state index in [1.807, 2.05) is 44.2 Å². The summed E-state index contributed by atoms with van der Waals surface area (Å²) < 4.78 is 28.8. The number of halogens is 1. The van der Waals surface area contributed by atoms with Crippen LogP contribution < -0.4 is 0 Å². The number of aryl methyl sites for hydroxylation is 1. The number of fused-ring (bicyclic) bond motifs is 1. The van der Waals surface area contributed by atoms with E-state index in [4.69, 9.17) is 11.6 Å². The molecular weight excluding hydrogens is 378 g/mol. The summed E-state index contributed by atoms with van der Waals surface area (Å²) in [5.74, 6) is 0.525. The van der Waals surface area contributed by atoms with Gasteiger partial charge in [0, 0.05) is 18.0 Å². The van der Waals surface area contributed by atoms with E-state index in [1.54, 1.807) is 16.4 Å². The van der Waals surface area contributed by atoms with Gasteiger partial charge in [0.2, 0.25) is 10.0 Å². The Kier molecular flexibility index (Phi) is 5.46. The van der Waals surface area contributed by atoms with Crippen molar-refractivity contribution in [3.63, 3.8) is 0 Å². The molecule has 0 aromatic heterocycles. The number of nitrogens with zero attached hydrogens (tertiary/aromatic N) is 1. The van der Waals surface area contributed by atoms with Crippen molar-refractivity contribution in [1.29, 1.82) is 0 Å². The normalized spacial score (nSPS) is 19.3. The van der Waals surface area contributed by atoms with Gasteiger partial charge in [0.15, 0.2) is 0 Å². The predicted molar refractivity (Wildman–Crippen MR) is 112 cm³/mol. The van der Waals surface area contributed by atoms with Gasteiger partial charge in [-0.2, -0.15) is 4.31 Å². The third-order valence-corrected chi connectivity index (χ3v) is 7.77. The molecule has 0 atom stereocenters. The van der Waals surface area contributed by atoms with Crippen LogP contribution in [0.3, 0.4) is 0 Å². The Morgan fingerprint density at radius 1 is 1.00 bits per heavy atom. The first kappa shape index (κ1) is 20.4. The first-order valence-electron chi connectivity index (χ1n) is 9.34. The molecule has 3 rings (SSSR count). The van der Waals surface area contributed by atoms with Crippen LogP contribution >= 0.6 is 11.6 Å². The van der Waals surface area contributed by atoms with Gasteiger partial charge in [0.25, 0.3) is 0 Å². The maximum absolute atomic E-state index is 13.5. The number of hydrogen-bond acceptors (Lipinski definition) is 2. The first-order valence-corrected chi connectivity index (χ1v) is 11.3. The van der Waals surface area contributed by atoms with Gasteiger partial charge in [-0.25, -0.2) is 8.42 Å². The van der Waals surface area contributed by atoms with Crippen LogP contribution in [0.25, 0.3) is 0 Å². The molecule has 0 aliphatic carbocycles. The minimum Gasteiger partial charge on any atom is -0.207 e. The van der Waals surface area contributed by atoms with Crippen molar-refractivity contribution >= 4 is 21.6 Å². The van der Waals surface area contributed by atoms with Crippen molar-refractivity contribution in [1.82, 2.24) is 4.31 Å². The Balaban J connectivity index is 2.06. The summed E-state index contributed by atoms with van der Waals surface area (Å²) in [6.45, 7) is 8.84. The molecule has 0 saturated carbocycles. The summed E-state index contributed by atoms with van der Waals surface area (Å²) in [4.78, 5) is 0.339. The number of rotatable bonds is 4. The van der Waals surface area contributed by atoms with Gasteiger partial charge in [-0.05, 0) is 60.9 Å². The van der Waals surface area contributed by atoms with Crippen molar-refractivity contribution in [2.45, 2.75) is 62.9 Å². The lowest BCUT2D eigenvalue weighted by molar-refractivity contribution is 0.186. The standard InChI is InChI=1S/C22H28ClNO2S/c1-21(2)16-22(3,4)24(15-18-7-5-6-8-20(18)21)27(25,26)19-11-9-17(10-12-19)13-14-23/h5-12H,13-16H2,1-4H3. The molecule has 0 unspecified atom stereocenters. The van der Waals surface area contributed by atoms with Crippen LogP contribution in [0.15, 0.2) is 53.4 Å². The van der Waals surface area contributed by atoms with Gasteiger partial charge >= 0.3 is 0 Å². The van der Waals surface area contributed by atoms with Crippen LogP contribution in [0.2, 0.25) is 0 Å². The summed E-state index contributed by atoms with van der Waals surface area (Å²) in [5, 5.41) is 0. The zero-order valence-electron chi connectivity index (χ0n) is 16.5. The summed E-state index contributed by atoms with van der Waals surface area (Å²) in [6.07, 6.45) is 1.49. The minimum absolute atomic E-state index is 0.103. The Morgan fingerprint density at radius 2 is 1.63 bits per heavy atom. The Morgan fingerprint density at radius 3 is 2.26 bits per heavy atom. The number of alkyl halides is 1. The molecular formula is C22H28ClNO2S.